The molecule has 0 spiro atoms. The van der Waals surface area contributed by atoms with Crippen LogP contribution in [-0.4, -0.2) is 17.3 Å². The van der Waals surface area contributed by atoms with E-state index in [0.29, 0.717) is 23.5 Å². The van der Waals surface area contributed by atoms with E-state index in [-0.39, 0.29) is 29.3 Å². The van der Waals surface area contributed by atoms with Crippen molar-refractivity contribution >= 4 is 17.3 Å². The van der Waals surface area contributed by atoms with E-state index in [4.69, 9.17) is 0 Å². The Morgan fingerprint density at radius 3 is 2.16 bits per heavy atom. The van der Waals surface area contributed by atoms with Gasteiger partial charge in [-0.1, -0.05) is 20.8 Å². The summed E-state index contributed by atoms with van der Waals surface area (Å²) in [7, 11) is 0. The van der Waals surface area contributed by atoms with Crippen LogP contribution in [0.4, 0.5) is 0 Å². The topological polar surface area (TPSA) is 51.2 Å². The van der Waals surface area contributed by atoms with Gasteiger partial charge in [-0.05, 0) is 38.0 Å². The molecule has 19 heavy (non-hydrogen) atoms. The average Bonchev–Trinajstić information content (AvgIpc) is 2.44. The van der Waals surface area contributed by atoms with Crippen LogP contribution >= 0.6 is 0 Å². The molecule has 4 unspecified atom stereocenters. The van der Waals surface area contributed by atoms with Gasteiger partial charge in [-0.25, -0.2) is 0 Å². The molecule has 0 aromatic heterocycles. The smallest absolute Gasteiger partial charge is 0.224 e. The summed E-state index contributed by atoms with van der Waals surface area (Å²) in [6.07, 6.45) is 2.57. The second-order valence-electron chi connectivity index (χ2n) is 6.29. The van der Waals surface area contributed by atoms with Gasteiger partial charge in [-0.15, -0.1) is 0 Å². The summed E-state index contributed by atoms with van der Waals surface area (Å²) in [6.45, 7) is 7.46. The van der Waals surface area contributed by atoms with Crippen LogP contribution in [0.3, 0.4) is 0 Å². The third-order valence-corrected chi connectivity index (χ3v) is 5.06. The minimum atomic E-state index is -0.452. The Morgan fingerprint density at radius 1 is 1.05 bits per heavy atom. The summed E-state index contributed by atoms with van der Waals surface area (Å²) in [5, 5.41) is 0. The lowest BCUT2D eigenvalue weighted by Crippen LogP contribution is -2.32. The first-order chi connectivity index (χ1) is 8.84. The van der Waals surface area contributed by atoms with Crippen LogP contribution < -0.4 is 0 Å². The number of Topliss-reactive ketones (excluding diaryl/α,β-unsaturated/α-hetero) is 3. The van der Waals surface area contributed by atoms with E-state index in [1.807, 2.05) is 6.92 Å². The van der Waals surface area contributed by atoms with Crippen LogP contribution in [0.5, 0.6) is 0 Å². The summed E-state index contributed by atoms with van der Waals surface area (Å²) >= 11 is 0. The standard InChI is InChI=1S/C16H22O3/c1-8-5-6-12(8)16(19)13-7-9(2)10(3)14(17)15(18)11(13)4/h8-10,12H,5-7H2,1-4H3. The minimum Gasteiger partial charge on any atom is -0.294 e. The quantitative estimate of drug-likeness (QED) is 0.719. The van der Waals surface area contributed by atoms with Crippen molar-refractivity contribution in [2.24, 2.45) is 23.7 Å². The van der Waals surface area contributed by atoms with Gasteiger partial charge in [0.25, 0.3) is 0 Å². The van der Waals surface area contributed by atoms with Crippen molar-refractivity contribution in [2.45, 2.75) is 47.0 Å². The van der Waals surface area contributed by atoms with Gasteiger partial charge in [0.05, 0.1) is 0 Å². The molecule has 0 bridgehead atoms. The summed E-state index contributed by atoms with van der Waals surface area (Å²) < 4.78 is 0. The van der Waals surface area contributed by atoms with Gasteiger partial charge in [0, 0.05) is 23.0 Å². The highest BCUT2D eigenvalue weighted by Gasteiger charge is 2.39. The van der Waals surface area contributed by atoms with Gasteiger partial charge in [0.1, 0.15) is 0 Å². The summed E-state index contributed by atoms with van der Waals surface area (Å²) in [5.74, 6) is -0.433. The van der Waals surface area contributed by atoms with Gasteiger partial charge < -0.3 is 0 Å². The zero-order valence-corrected chi connectivity index (χ0v) is 12.2. The lowest BCUT2D eigenvalue weighted by Gasteiger charge is -2.33. The molecular weight excluding hydrogens is 240 g/mol. The van der Waals surface area contributed by atoms with E-state index in [9.17, 15) is 14.4 Å². The Kier molecular flexibility index (Phi) is 3.75. The highest BCUT2D eigenvalue weighted by molar-refractivity contribution is 6.45. The predicted molar refractivity (Wildman–Crippen MR) is 72.6 cm³/mol. The van der Waals surface area contributed by atoms with E-state index >= 15 is 0 Å². The van der Waals surface area contributed by atoms with Gasteiger partial charge in [0.15, 0.2) is 5.78 Å². The van der Waals surface area contributed by atoms with Gasteiger partial charge in [0.2, 0.25) is 11.6 Å². The third-order valence-electron chi connectivity index (χ3n) is 5.06. The maximum Gasteiger partial charge on any atom is 0.224 e. The fourth-order valence-electron chi connectivity index (χ4n) is 3.00. The zero-order chi connectivity index (χ0) is 14.3. The van der Waals surface area contributed by atoms with E-state index < -0.39 is 5.78 Å². The van der Waals surface area contributed by atoms with Crippen molar-refractivity contribution in [3.05, 3.63) is 11.1 Å². The molecule has 104 valence electrons. The molecule has 1 saturated carbocycles. The van der Waals surface area contributed by atoms with Gasteiger partial charge in [-0.2, -0.15) is 0 Å². The second-order valence-corrected chi connectivity index (χ2v) is 6.29. The fourth-order valence-corrected chi connectivity index (χ4v) is 3.00. The lowest BCUT2D eigenvalue weighted by molar-refractivity contribution is -0.137. The molecule has 0 radical (unpaired) electrons. The maximum atomic E-state index is 12.5. The van der Waals surface area contributed by atoms with E-state index in [1.165, 1.54) is 0 Å². The summed E-state index contributed by atoms with van der Waals surface area (Å²) in [4.78, 5) is 36.6. The first-order valence-electron chi connectivity index (χ1n) is 7.17. The lowest BCUT2D eigenvalue weighted by atomic mass is 9.70. The second kappa shape index (κ2) is 5.03. The fraction of sp³-hybridized carbons (Fsp3) is 0.688. The van der Waals surface area contributed by atoms with Crippen molar-refractivity contribution in [3.8, 4) is 0 Å². The molecule has 0 amide bonds. The molecule has 0 N–H and O–H groups in total. The predicted octanol–water partition coefficient (Wildman–Crippen LogP) is 2.73. The molecule has 0 heterocycles. The molecule has 0 saturated heterocycles. The molecule has 0 aromatic rings. The molecule has 3 nitrogen and oxygen atoms in total. The third kappa shape index (κ3) is 2.31. The first kappa shape index (κ1) is 14.2. The van der Waals surface area contributed by atoms with Crippen LogP contribution in [0.15, 0.2) is 11.1 Å². The highest BCUT2D eigenvalue weighted by Crippen LogP contribution is 2.39. The Balaban J connectivity index is 2.34. The highest BCUT2D eigenvalue weighted by atomic mass is 16.2. The Labute approximate surface area is 114 Å². The van der Waals surface area contributed by atoms with Crippen molar-refractivity contribution in [1.29, 1.82) is 0 Å². The average molecular weight is 262 g/mol. The molecule has 0 aliphatic heterocycles. The van der Waals surface area contributed by atoms with Crippen LogP contribution in [0.1, 0.15) is 47.0 Å². The molecule has 2 rings (SSSR count). The molecule has 2 aliphatic rings. The van der Waals surface area contributed by atoms with Crippen LogP contribution in [-0.2, 0) is 14.4 Å². The number of hydrogen-bond acceptors (Lipinski definition) is 3. The van der Waals surface area contributed by atoms with Gasteiger partial charge >= 0.3 is 0 Å². The SMILES string of the molecule is CC1=C(C(=O)C2CCC2C)CC(C)C(C)C(=O)C1=O. The molecule has 2 aliphatic carbocycles. The van der Waals surface area contributed by atoms with Crippen LogP contribution in [0.25, 0.3) is 0 Å². The largest absolute Gasteiger partial charge is 0.294 e. The van der Waals surface area contributed by atoms with Crippen LogP contribution in [0.2, 0.25) is 0 Å². The molecule has 0 aromatic carbocycles. The molecule has 3 heteroatoms. The number of ketones is 3. The number of hydrogen-bond donors (Lipinski definition) is 0. The Morgan fingerprint density at radius 2 is 1.68 bits per heavy atom. The minimum absolute atomic E-state index is 0.0585. The number of carbonyl (C=O) groups is 3. The number of allylic oxidation sites excluding steroid dienone is 2. The van der Waals surface area contributed by atoms with Crippen molar-refractivity contribution in [3.63, 3.8) is 0 Å². The normalized spacial score (nSPS) is 36.0. The monoisotopic (exact) mass is 262 g/mol. The van der Waals surface area contributed by atoms with E-state index in [1.54, 1.807) is 13.8 Å². The molecule has 1 fully saturated rings. The Bertz CT molecular complexity index is 472. The van der Waals surface area contributed by atoms with Gasteiger partial charge in [-0.3, -0.25) is 14.4 Å². The van der Waals surface area contributed by atoms with Crippen molar-refractivity contribution < 1.29 is 14.4 Å². The number of carbonyl (C=O) groups excluding carboxylic acids is 3. The summed E-state index contributed by atoms with van der Waals surface area (Å²) in [5.41, 5.74) is 1.01. The van der Waals surface area contributed by atoms with E-state index in [2.05, 4.69) is 6.92 Å². The molecule has 4 atom stereocenters. The van der Waals surface area contributed by atoms with Crippen LogP contribution in [0, 0.1) is 23.7 Å². The maximum absolute atomic E-state index is 12.5. The van der Waals surface area contributed by atoms with E-state index in [0.717, 1.165) is 12.8 Å². The first-order valence-corrected chi connectivity index (χ1v) is 7.17. The number of rotatable bonds is 2. The van der Waals surface area contributed by atoms with Crippen molar-refractivity contribution in [2.75, 3.05) is 0 Å². The summed E-state index contributed by atoms with van der Waals surface area (Å²) in [6, 6.07) is 0. The Hall–Kier alpha value is -1.25. The van der Waals surface area contributed by atoms with Crippen molar-refractivity contribution in [1.82, 2.24) is 0 Å². The molecular formula is C16H22O3. The zero-order valence-electron chi connectivity index (χ0n) is 12.2.